The Balaban J connectivity index is 1.40. The zero-order valence-electron chi connectivity index (χ0n) is 20.5. The number of carbonyl (C=O) groups is 1. The standard InChI is InChI=1S/C27H37NO5S/c1-4-31-26(27(29)32-5-2)18-21-9-13-24(14-10-21)28-16-6-7-20-8-11-23-19-25(33-34(3)30)15-12-22(23)17-20/h9-10,12-15,19-20,26,28H,4-8,11,16-18H2,1-3H3. The number of aryl methyl sites for hydroxylation is 1. The highest BCUT2D eigenvalue weighted by atomic mass is 32.2. The van der Waals surface area contributed by atoms with Crippen LogP contribution in [0.25, 0.3) is 0 Å². The van der Waals surface area contributed by atoms with Crippen LogP contribution in [0.15, 0.2) is 42.5 Å². The molecule has 0 heterocycles. The Hall–Kier alpha value is -2.38. The highest BCUT2D eigenvalue weighted by Gasteiger charge is 2.21. The van der Waals surface area contributed by atoms with Crippen LogP contribution in [0.3, 0.4) is 0 Å². The van der Waals surface area contributed by atoms with Crippen LogP contribution >= 0.6 is 0 Å². The zero-order valence-corrected chi connectivity index (χ0v) is 21.3. The van der Waals surface area contributed by atoms with Gasteiger partial charge in [0.2, 0.25) is 11.1 Å². The predicted molar refractivity (Wildman–Crippen MR) is 137 cm³/mol. The minimum Gasteiger partial charge on any atom is -0.464 e. The Labute approximate surface area is 206 Å². The summed E-state index contributed by atoms with van der Waals surface area (Å²) in [5.41, 5.74) is 4.86. The Morgan fingerprint density at radius 1 is 1.12 bits per heavy atom. The summed E-state index contributed by atoms with van der Waals surface area (Å²) in [6.45, 7) is 5.46. The molecule has 2 aromatic carbocycles. The molecule has 0 saturated carbocycles. The van der Waals surface area contributed by atoms with E-state index in [1.165, 1.54) is 24.0 Å². The third kappa shape index (κ3) is 8.13. The van der Waals surface area contributed by atoms with Crippen molar-refractivity contribution in [1.82, 2.24) is 0 Å². The second kappa shape index (κ2) is 13.5. The molecule has 3 rings (SSSR count). The molecule has 0 fully saturated rings. The quantitative estimate of drug-likeness (QED) is 0.321. The molecule has 0 saturated heterocycles. The minimum atomic E-state index is -1.29. The summed E-state index contributed by atoms with van der Waals surface area (Å²) in [5, 5.41) is 3.51. The molecular weight excluding hydrogens is 450 g/mol. The fourth-order valence-electron chi connectivity index (χ4n) is 4.48. The average Bonchev–Trinajstić information content (AvgIpc) is 2.82. The van der Waals surface area contributed by atoms with Crippen LogP contribution in [0.1, 0.15) is 49.8 Å². The summed E-state index contributed by atoms with van der Waals surface area (Å²) in [4.78, 5) is 12.1. The fraction of sp³-hybridized carbons (Fsp3) is 0.519. The second-order valence-corrected chi connectivity index (χ2v) is 9.66. The Kier molecular flexibility index (Phi) is 10.4. The topological polar surface area (TPSA) is 73.9 Å². The normalized spacial score (nSPS) is 16.9. The van der Waals surface area contributed by atoms with Gasteiger partial charge in [-0.15, -0.1) is 0 Å². The molecule has 0 aromatic heterocycles. The highest BCUT2D eigenvalue weighted by Crippen LogP contribution is 2.31. The highest BCUT2D eigenvalue weighted by molar-refractivity contribution is 7.79. The maximum atomic E-state index is 12.1. The maximum Gasteiger partial charge on any atom is 0.335 e. The van der Waals surface area contributed by atoms with Crippen LogP contribution in [0.4, 0.5) is 5.69 Å². The summed E-state index contributed by atoms with van der Waals surface area (Å²) < 4.78 is 27.3. The molecule has 7 heteroatoms. The number of esters is 1. The smallest absolute Gasteiger partial charge is 0.335 e. The van der Waals surface area contributed by atoms with E-state index in [0.29, 0.717) is 31.3 Å². The summed E-state index contributed by atoms with van der Waals surface area (Å²) >= 11 is -1.29. The van der Waals surface area contributed by atoms with Crippen LogP contribution in [-0.4, -0.2) is 42.3 Å². The molecule has 186 valence electrons. The predicted octanol–water partition coefficient (Wildman–Crippen LogP) is 4.87. The van der Waals surface area contributed by atoms with E-state index in [1.807, 2.05) is 31.2 Å². The van der Waals surface area contributed by atoms with E-state index < -0.39 is 17.2 Å². The van der Waals surface area contributed by atoms with E-state index in [9.17, 15) is 9.00 Å². The van der Waals surface area contributed by atoms with Gasteiger partial charge in [0.1, 0.15) is 5.75 Å². The van der Waals surface area contributed by atoms with Crippen molar-refractivity contribution < 1.29 is 22.7 Å². The maximum absolute atomic E-state index is 12.1. The first-order valence-corrected chi connectivity index (χ1v) is 13.7. The van der Waals surface area contributed by atoms with Gasteiger partial charge in [-0.05, 0) is 92.8 Å². The summed E-state index contributed by atoms with van der Waals surface area (Å²) in [7, 11) is 0. The second-order valence-electron chi connectivity index (χ2n) is 8.69. The third-order valence-electron chi connectivity index (χ3n) is 6.13. The lowest BCUT2D eigenvalue weighted by atomic mass is 9.81. The van der Waals surface area contributed by atoms with Crippen molar-refractivity contribution in [3.8, 4) is 5.75 Å². The number of fused-ring (bicyclic) bond motifs is 1. The Morgan fingerprint density at radius 3 is 2.62 bits per heavy atom. The molecule has 0 bridgehead atoms. The molecule has 3 atom stereocenters. The van der Waals surface area contributed by atoms with E-state index in [4.69, 9.17) is 13.7 Å². The molecule has 2 aromatic rings. The molecule has 1 N–H and O–H groups in total. The SMILES string of the molecule is CCOC(=O)C(Cc1ccc(NCCCC2CCc3cc(OS(C)=O)ccc3C2)cc1)OCC. The zero-order chi connectivity index (χ0) is 24.3. The van der Waals surface area contributed by atoms with Crippen molar-refractivity contribution in [1.29, 1.82) is 0 Å². The minimum absolute atomic E-state index is 0.303. The van der Waals surface area contributed by atoms with Gasteiger partial charge in [0, 0.05) is 31.5 Å². The van der Waals surface area contributed by atoms with E-state index in [0.717, 1.165) is 37.1 Å². The first-order chi connectivity index (χ1) is 16.5. The monoisotopic (exact) mass is 487 g/mol. The van der Waals surface area contributed by atoms with Gasteiger partial charge in [0.05, 0.1) is 6.61 Å². The third-order valence-corrected chi connectivity index (χ3v) is 6.56. The molecule has 1 aliphatic carbocycles. The number of rotatable bonds is 13. The lowest BCUT2D eigenvalue weighted by Crippen LogP contribution is -2.28. The summed E-state index contributed by atoms with van der Waals surface area (Å²) in [6, 6.07) is 14.3. The summed E-state index contributed by atoms with van der Waals surface area (Å²) in [6.07, 6.45) is 7.14. The number of hydrogen-bond acceptors (Lipinski definition) is 6. The van der Waals surface area contributed by atoms with Crippen LogP contribution < -0.4 is 9.50 Å². The van der Waals surface area contributed by atoms with Crippen molar-refractivity contribution in [2.24, 2.45) is 5.92 Å². The number of ether oxygens (including phenoxy) is 2. The number of anilines is 1. The van der Waals surface area contributed by atoms with Crippen LogP contribution in [0.2, 0.25) is 0 Å². The molecule has 1 aliphatic rings. The van der Waals surface area contributed by atoms with Gasteiger partial charge in [-0.25, -0.2) is 9.00 Å². The Bertz CT molecular complexity index is 947. The Morgan fingerprint density at radius 2 is 1.91 bits per heavy atom. The van der Waals surface area contributed by atoms with Gasteiger partial charge in [-0.2, -0.15) is 0 Å². The van der Waals surface area contributed by atoms with E-state index in [-0.39, 0.29) is 5.97 Å². The van der Waals surface area contributed by atoms with Crippen LogP contribution in [-0.2, 0) is 44.6 Å². The van der Waals surface area contributed by atoms with Gasteiger partial charge in [-0.1, -0.05) is 18.2 Å². The van der Waals surface area contributed by atoms with Crippen molar-refractivity contribution in [3.63, 3.8) is 0 Å². The largest absolute Gasteiger partial charge is 0.464 e. The van der Waals surface area contributed by atoms with Crippen molar-refractivity contribution in [2.45, 2.75) is 58.5 Å². The number of benzene rings is 2. The first kappa shape index (κ1) is 26.2. The number of hydrogen-bond donors (Lipinski definition) is 1. The van der Waals surface area contributed by atoms with E-state index in [2.05, 4.69) is 23.5 Å². The summed E-state index contributed by atoms with van der Waals surface area (Å²) in [5.74, 6) is 1.09. The molecule has 0 amide bonds. The van der Waals surface area contributed by atoms with E-state index >= 15 is 0 Å². The van der Waals surface area contributed by atoms with Gasteiger partial charge in [-0.3, -0.25) is 0 Å². The van der Waals surface area contributed by atoms with Crippen molar-refractivity contribution in [2.75, 3.05) is 31.3 Å². The van der Waals surface area contributed by atoms with Gasteiger partial charge in [0.15, 0.2) is 6.10 Å². The molecule has 0 aliphatic heterocycles. The first-order valence-electron chi connectivity index (χ1n) is 12.2. The molecule has 3 unspecified atom stereocenters. The average molecular weight is 488 g/mol. The van der Waals surface area contributed by atoms with Crippen LogP contribution in [0, 0.1) is 5.92 Å². The molecule has 0 radical (unpaired) electrons. The van der Waals surface area contributed by atoms with E-state index in [1.54, 1.807) is 13.2 Å². The number of nitrogens with one attached hydrogen (secondary N) is 1. The fourth-order valence-corrected chi connectivity index (χ4v) is 4.86. The number of carbonyl (C=O) groups excluding carboxylic acids is 1. The van der Waals surface area contributed by atoms with Gasteiger partial charge in [0.25, 0.3) is 0 Å². The lowest BCUT2D eigenvalue weighted by molar-refractivity contribution is -0.156. The van der Waals surface area contributed by atoms with Crippen molar-refractivity contribution in [3.05, 3.63) is 59.2 Å². The lowest BCUT2D eigenvalue weighted by Gasteiger charge is -2.25. The van der Waals surface area contributed by atoms with Gasteiger partial charge < -0.3 is 19.0 Å². The van der Waals surface area contributed by atoms with Crippen molar-refractivity contribution >= 4 is 22.7 Å². The molecule has 0 spiro atoms. The van der Waals surface area contributed by atoms with Gasteiger partial charge >= 0.3 is 5.97 Å². The molecule has 34 heavy (non-hydrogen) atoms. The van der Waals surface area contributed by atoms with Crippen LogP contribution in [0.5, 0.6) is 5.75 Å². The molecular formula is C27H37NO5S. The molecule has 6 nitrogen and oxygen atoms in total.